The van der Waals surface area contributed by atoms with Gasteiger partial charge in [0.2, 0.25) is 0 Å². The monoisotopic (exact) mass is 529 g/mol. The number of piperidine rings is 1. The van der Waals surface area contributed by atoms with E-state index in [2.05, 4.69) is 25.4 Å². The molecular formula is C27H30ClF2N5O2. The first-order valence-corrected chi connectivity index (χ1v) is 12.9. The van der Waals surface area contributed by atoms with Crippen LogP contribution in [0.1, 0.15) is 56.0 Å². The van der Waals surface area contributed by atoms with E-state index in [9.17, 15) is 14.3 Å². The number of carboxylic acids is 1. The molecule has 3 heterocycles. The number of hydrogen-bond donors (Lipinski definition) is 3. The van der Waals surface area contributed by atoms with Crippen molar-refractivity contribution in [2.45, 2.75) is 64.0 Å². The molecule has 37 heavy (non-hydrogen) atoms. The standard InChI is InChI=1S/C27H30ClF2N5O2/c1-3-17-14-26(25(36)37,11-12-35(17)27(9-10-27)18-5-4-6-19(28)24(18)30)15-21-20(29)7-8-22(31-21)32-23-13-16(2)33-34-23/h4-8,13,17H,3,9-12,14-15H2,1-2H3,(H,36,37)(H2,31,32,33,34)/t17-,26-/m1/s1. The van der Waals surface area contributed by atoms with Crippen LogP contribution in [-0.2, 0) is 16.8 Å². The summed E-state index contributed by atoms with van der Waals surface area (Å²) in [5, 5.41) is 20.4. The number of aryl methyl sites for hydroxylation is 1. The van der Waals surface area contributed by atoms with Crippen molar-refractivity contribution in [2.24, 2.45) is 5.41 Å². The second-order valence-electron chi connectivity index (χ2n) is 10.3. The Balaban J connectivity index is 1.41. The topological polar surface area (TPSA) is 94.1 Å². The number of nitrogens with zero attached hydrogens (tertiary/aromatic N) is 3. The maximum Gasteiger partial charge on any atom is 0.310 e. The number of pyridine rings is 1. The van der Waals surface area contributed by atoms with Crippen LogP contribution in [0, 0.1) is 24.0 Å². The van der Waals surface area contributed by atoms with Crippen LogP contribution in [0.3, 0.4) is 0 Å². The molecule has 1 aliphatic carbocycles. The molecule has 1 aromatic carbocycles. The molecule has 0 amide bonds. The van der Waals surface area contributed by atoms with Crippen molar-refractivity contribution < 1.29 is 18.7 Å². The van der Waals surface area contributed by atoms with Gasteiger partial charge in [0.05, 0.1) is 16.1 Å². The van der Waals surface area contributed by atoms with Crippen LogP contribution in [0.4, 0.5) is 20.4 Å². The Labute approximate surface area is 219 Å². The molecular weight excluding hydrogens is 500 g/mol. The van der Waals surface area contributed by atoms with Gasteiger partial charge in [-0.25, -0.2) is 13.8 Å². The molecule has 2 fully saturated rings. The summed E-state index contributed by atoms with van der Waals surface area (Å²) in [6.45, 7) is 4.33. The Morgan fingerprint density at radius 1 is 1.24 bits per heavy atom. The minimum absolute atomic E-state index is 0.0356. The maximum atomic E-state index is 15.0. The molecule has 0 unspecified atom stereocenters. The first kappa shape index (κ1) is 25.6. The Morgan fingerprint density at radius 2 is 2.03 bits per heavy atom. The summed E-state index contributed by atoms with van der Waals surface area (Å²) >= 11 is 6.09. The third kappa shape index (κ3) is 4.70. The number of carboxylic acid groups (broad SMARTS) is 1. The molecule has 1 saturated carbocycles. The van der Waals surface area contributed by atoms with Crippen LogP contribution in [0.5, 0.6) is 0 Å². The lowest BCUT2D eigenvalue weighted by atomic mass is 9.70. The molecule has 3 aromatic rings. The van der Waals surface area contributed by atoms with Gasteiger partial charge < -0.3 is 10.4 Å². The quantitative estimate of drug-likeness (QED) is 0.333. The Kier molecular flexibility index (Phi) is 6.70. The maximum absolute atomic E-state index is 15.0. The number of hydrogen-bond acceptors (Lipinski definition) is 5. The number of H-pyrrole nitrogens is 1. The Bertz CT molecular complexity index is 1330. The SMILES string of the molecule is CC[C@@H]1C[C@](Cc2nc(Nc3cc(C)[nH]n3)ccc2F)(C(=O)O)CCN1C1(c2cccc(Cl)c2F)CC1. The van der Waals surface area contributed by atoms with E-state index >= 15 is 4.39 Å². The molecule has 0 bridgehead atoms. The van der Waals surface area contributed by atoms with Gasteiger partial charge in [0.25, 0.3) is 0 Å². The van der Waals surface area contributed by atoms with Crippen molar-refractivity contribution in [1.82, 2.24) is 20.1 Å². The highest BCUT2D eigenvalue weighted by Crippen LogP contribution is 2.56. The number of aromatic amines is 1. The third-order valence-electron chi connectivity index (χ3n) is 7.94. The molecule has 7 nitrogen and oxygen atoms in total. The highest BCUT2D eigenvalue weighted by Gasteiger charge is 2.57. The second kappa shape index (κ2) is 9.68. The zero-order valence-corrected chi connectivity index (χ0v) is 21.6. The minimum atomic E-state index is -1.18. The van der Waals surface area contributed by atoms with Gasteiger partial charge in [-0.15, -0.1) is 0 Å². The lowest BCUT2D eigenvalue weighted by Crippen LogP contribution is -2.54. The molecule has 2 aromatic heterocycles. The Morgan fingerprint density at radius 3 is 2.68 bits per heavy atom. The van der Waals surface area contributed by atoms with Crippen molar-refractivity contribution in [2.75, 3.05) is 11.9 Å². The molecule has 0 radical (unpaired) electrons. The van der Waals surface area contributed by atoms with Crippen LogP contribution in [-0.4, -0.2) is 43.7 Å². The number of carbonyl (C=O) groups is 1. The summed E-state index contributed by atoms with van der Waals surface area (Å²) < 4.78 is 29.9. The van der Waals surface area contributed by atoms with Gasteiger partial charge in [-0.05, 0) is 57.2 Å². The molecule has 10 heteroatoms. The molecule has 3 N–H and O–H groups in total. The van der Waals surface area contributed by atoms with E-state index in [0.717, 1.165) is 18.5 Å². The van der Waals surface area contributed by atoms with Crippen LogP contribution in [0.15, 0.2) is 36.4 Å². The average molecular weight is 530 g/mol. The molecule has 2 aliphatic rings. The normalized spacial score (nSPS) is 23.1. The zero-order valence-electron chi connectivity index (χ0n) is 20.8. The number of nitrogens with one attached hydrogen (secondary N) is 2. The summed E-state index contributed by atoms with van der Waals surface area (Å²) in [6, 6.07) is 9.56. The van der Waals surface area contributed by atoms with Crippen molar-refractivity contribution >= 4 is 29.2 Å². The largest absolute Gasteiger partial charge is 0.481 e. The van der Waals surface area contributed by atoms with Crippen LogP contribution in [0.25, 0.3) is 0 Å². The fourth-order valence-electron chi connectivity index (χ4n) is 5.84. The summed E-state index contributed by atoms with van der Waals surface area (Å²) in [6.07, 6.45) is 2.86. The fraction of sp³-hybridized carbons (Fsp3) is 0.444. The minimum Gasteiger partial charge on any atom is -0.481 e. The van der Waals surface area contributed by atoms with Crippen LogP contribution >= 0.6 is 11.6 Å². The number of aliphatic carboxylic acids is 1. The molecule has 1 aliphatic heterocycles. The van der Waals surface area contributed by atoms with Gasteiger partial charge >= 0.3 is 5.97 Å². The Hall–Kier alpha value is -3.04. The highest BCUT2D eigenvalue weighted by atomic mass is 35.5. The van der Waals surface area contributed by atoms with E-state index in [0.29, 0.717) is 43.0 Å². The van der Waals surface area contributed by atoms with Crippen molar-refractivity contribution in [3.8, 4) is 0 Å². The molecule has 1 saturated heterocycles. The fourth-order valence-corrected chi connectivity index (χ4v) is 6.02. The van der Waals surface area contributed by atoms with Gasteiger partial charge in [-0.2, -0.15) is 5.10 Å². The van der Waals surface area contributed by atoms with E-state index in [1.807, 2.05) is 13.8 Å². The number of aromatic nitrogens is 3. The van der Waals surface area contributed by atoms with E-state index in [4.69, 9.17) is 11.6 Å². The second-order valence-corrected chi connectivity index (χ2v) is 10.7. The third-order valence-corrected chi connectivity index (χ3v) is 8.23. The summed E-state index contributed by atoms with van der Waals surface area (Å²) in [5.41, 5.74) is -0.130. The van der Waals surface area contributed by atoms with E-state index in [-0.39, 0.29) is 23.2 Å². The smallest absolute Gasteiger partial charge is 0.310 e. The van der Waals surface area contributed by atoms with Crippen LogP contribution < -0.4 is 5.32 Å². The van der Waals surface area contributed by atoms with Crippen molar-refractivity contribution in [1.29, 1.82) is 0 Å². The number of benzene rings is 1. The average Bonchev–Trinajstić information content (AvgIpc) is 3.57. The van der Waals surface area contributed by atoms with E-state index in [1.165, 1.54) is 18.2 Å². The van der Waals surface area contributed by atoms with Gasteiger partial charge in [-0.1, -0.05) is 30.7 Å². The molecule has 5 rings (SSSR count). The van der Waals surface area contributed by atoms with Crippen molar-refractivity contribution in [3.05, 3.63) is 70.0 Å². The van der Waals surface area contributed by atoms with Gasteiger partial charge in [0.15, 0.2) is 5.82 Å². The lowest BCUT2D eigenvalue weighted by molar-refractivity contribution is -0.155. The summed E-state index contributed by atoms with van der Waals surface area (Å²) in [4.78, 5) is 19.4. The summed E-state index contributed by atoms with van der Waals surface area (Å²) in [7, 11) is 0. The molecule has 0 spiro atoms. The van der Waals surface area contributed by atoms with E-state index < -0.39 is 28.6 Å². The number of likely N-dealkylation sites (tertiary alicyclic amines) is 1. The van der Waals surface area contributed by atoms with E-state index in [1.54, 1.807) is 18.2 Å². The highest BCUT2D eigenvalue weighted by molar-refractivity contribution is 6.30. The molecule has 196 valence electrons. The van der Waals surface area contributed by atoms with Gasteiger partial charge in [-0.3, -0.25) is 14.8 Å². The predicted octanol–water partition coefficient (Wildman–Crippen LogP) is 5.97. The summed E-state index contributed by atoms with van der Waals surface area (Å²) in [5.74, 6) is -0.986. The molecule has 2 atom stereocenters. The van der Waals surface area contributed by atoms with Gasteiger partial charge in [0, 0.05) is 41.9 Å². The predicted molar refractivity (Wildman–Crippen MR) is 137 cm³/mol. The lowest BCUT2D eigenvalue weighted by Gasteiger charge is -2.48. The zero-order chi connectivity index (χ0) is 26.4. The number of anilines is 2. The number of halogens is 3. The first-order chi connectivity index (χ1) is 17.7. The number of rotatable bonds is 8. The first-order valence-electron chi connectivity index (χ1n) is 12.6. The van der Waals surface area contributed by atoms with Crippen LogP contribution in [0.2, 0.25) is 5.02 Å². The van der Waals surface area contributed by atoms with Crippen molar-refractivity contribution in [3.63, 3.8) is 0 Å². The van der Waals surface area contributed by atoms with Gasteiger partial charge in [0.1, 0.15) is 17.5 Å².